The first-order valence-corrected chi connectivity index (χ1v) is 10.8. The minimum absolute atomic E-state index is 0.0992. The van der Waals surface area contributed by atoms with Gasteiger partial charge in [0, 0.05) is 51.0 Å². The molecule has 1 aromatic heterocycles. The first-order chi connectivity index (χ1) is 17.6. The predicted octanol–water partition coefficient (Wildman–Crippen LogP) is 3.58. The van der Waals surface area contributed by atoms with Crippen LogP contribution in [-0.2, 0) is 27.5 Å². The summed E-state index contributed by atoms with van der Waals surface area (Å²) >= 11 is 0. The van der Waals surface area contributed by atoms with Gasteiger partial charge in [0.25, 0.3) is 0 Å². The first-order valence-electron chi connectivity index (χ1n) is 10.8. The highest BCUT2D eigenvalue weighted by Gasteiger charge is 2.45. The highest BCUT2D eigenvalue weighted by Crippen LogP contribution is 2.33. The van der Waals surface area contributed by atoms with Crippen LogP contribution in [-0.4, -0.2) is 74.8 Å². The summed E-state index contributed by atoms with van der Waals surface area (Å²) in [5.74, 6) is -4.97. The molecule has 208 valence electrons. The number of alkyl halides is 6. The number of hydrogen-bond acceptors (Lipinski definition) is 5. The number of amides is 1. The van der Waals surface area contributed by atoms with Crippen molar-refractivity contribution in [2.75, 3.05) is 19.6 Å². The lowest BCUT2D eigenvalue weighted by atomic mass is 10.0. The van der Waals surface area contributed by atoms with Crippen molar-refractivity contribution in [2.24, 2.45) is 11.8 Å². The molecule has 2 aromatic rings. The van der Waals surface area contributed by atoms with Gasteiger partial charge in [-0.3, -0.25) is 14.7 Å². The summed E-state index contributed by atoms with van der Waals surface area (Å²) in [5, 5.41) is 14.2. The molecule has 0 unspecified atom stereocenters. The number of likely N-dealkylation sites (tertiary alicyclic amines) is 2. The largest absolute Gasteiger partial charge is 0.490 e. The number of fused-ring (bicyclic) bond motifs is 1. The molecule has 0 saturated carbocycles. The molecule has 1 amide bonds. The zero-order valence-corrected chi connectivity index (χ0v) is 19.4. The molecule has 15 heteroatoms. The van der Waals surface area contributed by atoms with Gasteiger partial charge in [0.1, 0.15) is 5.82 Å². The Morgan fingerprint density at radius 3 is 1.87 bits per heavy atom. The zero-order chi connectivity index (χ0) is 28.7. The molecular formula is C23H22F7N3O5. The van der Waals surface area contributed by atoms with E-state index in [1.165, 1.54) is 12.1 Å². The van der Waals surface area contributed by atoms with Crippen molar-refractivity contribution in [2.45, 2.75) is 25.4 Å². The van der Waals surface area contributed by atoms with Crippen LogP contribution in [0.5, 0.6) is 0 Å². The summed E-state index contributed by atoms with van der Waals surface area (Å²) < 4.78 is 76.5. The summed E-state index contributed by atoms with van der Waals surface area (Å²) in [7, 11) is 0. The maximum atomic E-state index is 13.0. The third kappa shape index (κ3) is 9.28. The van der Waals surface area contributed by atoms with Crippen molar-refractivity contribution in [3.8, 4) is 0 Å². The van der Waals surface area contributed by atoms with Gasteiger partial charge in [0.15, 0.2) is 0 Å². The van der Waals surface area contributed by atoms with E-state index in [0.717, 1.165) is 37.3 Å². The van der Waals surface area contributed by atoms with Crippen molar-refractivity contribution < 1.29 is 55.3 Å². The quantitative estimate of drug-likeness (QED) is 0.557. The Morgan fingerprint density at radius 1 is 0.868 bits per heavy atom. The number of hydrogen-bond donors (Lipinski definition) is 2. The fourth-order valence-electron chi connectivity index (χ4n) is 3.86. The van der Waals surface area contributed by atoms with Crippen LogP contribution >= 0.6 is 0 Å². The second kappa shape index (κ2) is 12.7. The summed E-state index contributed by atoms with van der Waals surface area (Å²) in [5.41, 5.74) is 2.17. The second-order valence-corrected chi connectivity index (χ2v) is 8.37. The molecule has 2 N–H and O–H groups in total. The number of benzene rings is 1. The van der Waals surface area contributed by atoms with Crippen molar-refractivity contribution >= 4 is 17.8 Å². The maximum Gasteiger partial charge on any atom is 0.490 e. The average Bonchev–Trinajstić information content (AvgIpc) is 3.34. The van der Waals surface area contributed by atoms with Crippen molar-refractivity contribution in [1.82, 2.24) is 14.8 Å². The molecule has 3 heterocycles. The number of carbonyl (C=O) groups excluding carboxylic acids is 1. The van der Waals surface area contributed by atoms with E-state index in [9.17, 15) is 35.5 Å². The van der Waals surface area contributed by atoms with E-state index in [2.05, 4.69) is 9.88 Å². The molecule has 0 bridgehead atoms. The summed E-state index contributed by atoms with van der Waals surface area (Å²) in [4.78, 5) is 38.8. The molecule has 2 atom stereocenters. The van der Waals surface area contributed by atoms with Gasteiger partial charge >= 0.3 is 24.3 Å². The lowest BCUT2D eigenvalue weighted by Crippen LogP contribution is -2.32. The summed E-state index contributed by atoms with van der Waals surface area (Å²) in [6.07, 6.45) is -6.60. The van der Waals surface area contributed by atoms with E-state index in [4.69, 9.17) is 19.8 Å². The van der Waals surface area contributed by atoms with Gasteiger partial charge in [-0.25, -0.2) is 14.0 Å². The fraction of sp³-hybridized carbons (Fsp3) is 0.391. The van der Waals surface area contributed by atoms with E-state index < -0.39 is 24.3 Å². The number of halogens is 7. The lowest BCUT2D eigenvalue weighted by molar-refractivity contribution is -0.193. The number of aliphatic carboxylic acids is 2. The van der Waals surface area contributed by atoms with E-state index >= 15 is 0 Å². The Balaban J connectivity index is 0.000000301. The van der Waals surface area contributed by atoms with Crippen molar-refractivity contribution in [1.29, 1.82) is 0 Å². The fourth-order valence-corrected chi connectivity index (χ4v) is 3.86. The van der Waals surface area contributed by atoms with E-state index in [0.29, 0.717) is 12.5 Å². The molecule has 2 fully saturated rings. The van der Waals surface area contributed by atoms with Gasteiger partial charge in [-0.05, 0) is 29.3 Å². The lowest BCUT2D eigenvalue weighted by Gasteiger charge is -2.21. The van der Waals surface area contributed by atoms with Crippen molar-refractivity contribution in [3.63, 3.8) is 0 Å². The summed E-state index contributed by atoms with van der Waals surface area (Å²) in [6, 6.07) is 10.5. The van der Waals surface area contributed by atoms with Gasteiger partial charge in [0.2, 0.25) is 5.91 Å². The van der Waals surface area contributed by atoms with Gasteiger partial charge in [-0.15, -0.1) is 0 Å². The zero-order valence-electron chi connectivity index (χ0n) is 19.4. The molecule has 38 heavy (non-hydrogen) atoms. The second-order valence-electron chi connectivity index (χ2n) is 8.37. The first kappa shape index (κ1) is 30.5. The van der Waals surface area contributed by atoms with Crippen LogP contribution in [0, 0.1) is 17.7 Å². The molecule has 2 saturated heterocycles. The van der Waals surface area contributed by atoms with Crippen LogP contribution in [0.2, 0.25) is 0 Å². The third-order valence-corrected chi connectivity index (χ3v) is 5.50. The van der Waals surface area contributed by atoms with Gasteiger partial charge < -0.3 is 15.1 Å². The molecule has 1 aromatic carbocycles. The van der Waals surface area contributed by atoms with Crippen LogP contribution in [0.3, 0.4) is 0 Å². The van der Waals surface area contributed by atoms with Crippen LogP contribution < -0.4 is 0 Å². The average molecular weight is 553 g/mol. The minimum atomic E-state index is -5.08. The molecule has 0 aliphatic carbocycles. The number of carboxylic acids is 2. The number of rotatable bonds is 4. The minimum Gasteiger partial charge on any atom is -0.475 e. The number of carboxylic acid groups (broad SMARTS) is 2. The number of aromatic nitrogens is 1. The normalized spacial score (nSPS) is 19.1. The molecular weight excluding hydrogens is 531 g/mol. The Morgan fingerprint density at radius 2 is 1.42 bits per heavy atom. The Kier molecular flexibility index (Phi) is 10.2. The third-order valence-electron chi connectivity index (χ3n) is 5.50. The molecule has 0 radical (unpaired) electrons. The predicted molar refractivity (Wildman–Crippen MR) is 116 cm³/mol. The van der Waals surface area contributed by atoms with Gasteiger partial charge in [-0.1, -0.05) is 18.2 Å². The standard InChI is InChI=1S/C19H20FN3O.2C2HF3O2/c20-17-5-3-14(4-6-17)9-22-11-16-12-23(19(24)18(16)13-22)10-15-2-1-7-21-8-15;2*3-2(4,5)1(6)7/h1-8,16,18H,9-13H2;2*(H,6,7)/t16-,18-;;/m0../s1. The number of pyridine rings is 1. The molecule has 4 rings (SSSR count). The van der Waals surface area contributed by atoms with E-state index in [1.54, 1.807) is 6.20 Å². The highest BCUT2D eigenvalue weighted by atomic mass is 19.4. The van der Waals surface area contributed by atoms with Gasteiger partial charge in [-0.2, -0.15) is 26.3 Å². The molecule has 0 spiro atoms. The maximum absolute atomic E-state index is 13.0. The smallest absolute Gasteiger partial charge is 0.475 e. The number of nitrogens with zero attached hydrogens (tertiary/aromatic N) is 3. The van der Waals surface area contributed by atoms with Crippen LogP contribution in [0.15, 0.2) is 48.8 Å². The van der Waals surface area contributed by atoms with Gasteiger partial charge in [0.05, 0.1) is 5.92 Å². The molecule has 2 aliphatic rings. The molecule has 2 aliphatic heterocycles. The highest BCUT2D eigenvalue weighted by molar-refractivity contribution is 5.82. The van der Waals surface area contributed by atoms with Crippen LogP contribution in [0.4, 0.5) is 30.7 Å². The molecule has 8 nitrogen and oxygen atoms in total. The SMILES string of the molecule is O=C(O)C(F)(F)F.O=C(O)C(F)(F)F.O=C1[C@H]2CN(Cc3ccc(F)cc3)C[C@H]2CN1Cc1cccnc1. The van der Waals surface area contributed by atoms with E-state index in [-0.39, 0.29) is 17.6 Å². The van der Waals surface area contributed by atoms with Crippen molar-refractivity contribution in [3.05, 3.63) is 65.7 Å². The Bertz CT molecular complexity index is 1070. The Labute approximate surface area is 211 Å². The van der Waals surface area contributed by atoms with E-state index in [1.807, 2.05) is 35.4 Å². The monoisotopic (exact) mass is 553 g/mol. The van der Waals surface area contributed by atoms with Crippen LogP contribution in [0.1, 0.15) is 11.1 Å². The topological polar surface area (TPSA) is 111 Å². The Hall–Kier alpha value is -3.75. The summed E-state index contributed by atoms with van der Waals surface area (Å²) in [6.45, 7) is 3.97. The number of carbonyl (C=O) groups is 3. The van der Waals surface area contributed by atoms with Crippen LogP contribution in [0.25, 0.3) is 0 Å².